The van der Waals surface area contributed by atoms with E-state index >= 15 is 0 Å². The van der Waals surface area contributed by atoms with Crippen LogP contribution in [0.15, 0.2) is 29.2 Å². The Bertz CT molecular complexity index is 540. The Labute approximate surface area is 120 Å². The summed E-state index contributed by atoms with van der Waals surface area (Å²) in [6.07, 6.45) is 4.17. The molecule has 5 nitrogen and oxygen atoms in total. The van der Waals surface area contributed by atoms with Crippen LogP contribution in [0.4, 0.5) is 5.69 Å². The number of sulfone groups is 1. The normalized spacial score (nSPS) is 11.1. The van der Waals surface area contributed by atoms with Crippen molar-refractivity contribution in [1.82, 2.24) is 0 Å². The fraction of sp³-hybridized carbons (Fsp3) is 0.500. The number of carbonyl (C=O) groups is 1. The molecule has 6 heteroatoms. The van der Waals surface area contributed by atoms with E-state index in [9.17, 15) is 13.2 Å². The van der Waals surface area contributed by atoms with Crippen LogP contribution in [0.2, 0.25) is 0 Å². The van der Waals surface area contributed by atoms with Crippen LogP contribution in [0, 0.1) is 0 Å². The molecule has 0 saturated carbocycles. The number of carbonyl (C=O) groups excluding carboxylic acids is 1. The summed E-state index contributed by atoms with van der Waals surface area (Å²) < 4.78 is 27.8. The zero-order valence-corrected chi connectivity index (χ0v) is 12.7. The van der Waals surface area contributed by atoms with Gasteiger partial charge < -0.3 is 10.1 Å². The highest BCUT2D eigenvalue weighted by atomic mass is 32.2. The van der Waals surface area contributed by atoms with Gasteiger partial charge in [-0.3, -0.25) is 4.79 Å². The van der Waals surface area contributed by atoms with E-state index in [0.717, 1.165) is 19.3 Å². The predicted molar refractivity (Wildman–Crippen MR) is 78.5 cm³/mol. The molecule has 0 aromatic heterocycles. The van der Waals surface area contributed by atoms with Crippen LogP contribution in [0.1, 0.15) is 25.7 Å². The van der Waals surface area contributed by atoms with Gasteiger partial charge in [0, 0.05) is 19.2 Å². The van der Waals surface area contributed by atoms with Gasteiger partial charge in [0.2, 0.25) is 0 Å². The van der Waals surface area contributed by atoms with Crippen molar-refractivity contribution >= 4 is 21.5 Å². The van der Waals surface area contributed by atoms with E-state index < -0.39 is 9.84 Å². The second kappa shape index (κ2) is 7.89. The number of rotatable bonds is 8. The first-order chi connectivity index (χ1) is 9.45. The summed E-state index contributed by atoms with van der Waals surface area (Å²) in [6, 6.07) is 6.85. The second-order valence-electron chi connectivity index (χ2n) is 4.58. The van der Waals surface area contributed by atoms with Crippen LogP contribution in [0.3, 0.4) is 0 Å². The molecule has 1 rings (SSSR count). The monoisotopic (exact) mass is 299 g/mol. The maximum Gasteiger partial charge on any atom is 0.305 e. The van der Waals surface area contributed by atoms with Gasteiger partial charge in [0.25, 0.3) is 0 Å². The van der Waals surface area contributed by atoms with Gasteiger partial charge in [0.1, 0.15) is 0 Å². The molecule has 0 aliphatic heterocycles. The summed E-state index contributed by atoms with van der Waals surface area (Å²) in [5.74, 6) is -0.194. The Kier molecular flexibility index (Phi) is 6.51. The fourth-order valence-corrected chi connectivity index (χ4v) is 2.70. The van der Waals surface area contributed by atoms with E-state index in [1.165, 1.54) is 13.4 Å². The summed E-state index contributed by atoms with van der Waals surface area (Å²) in [5.41, 5.74) is 0.628. The van der Waals surface area contributed by atoms with Crippen molar-refractivity contribution in [2.45, 2.75) is 30.6 Å². The van der Waals surface area contributed by atoms with Crippen LogP contribution < -0.4 is 5.32 Å². The number of para-hydroxylation sites is 1. The molecular formula is C14H21NO4S. The number of esters is 1. The maximum absolute atomic E-state index is 11.6. The fourth-order valence-electron chi connectivity index (χ4n) is 1.83. The number of anilines is 1. The quantitative estimate of drug-likeness (QED) is 0.588. The summed E-state index contributed by atoms with van der Waals surface area (Å²) in [6.45, 7) is 0.674. The van der Waals surface area contributed by atoms with E-state index in [1.807, 2.05) is 0 Å². The van der Waals surface area contributed by atoms with Gasteiger partial charge in [-0.25, -0.2) is 8.42 Å². The standard InChI is InChI=1S/C14H21NO4S/c1-19-14(16)10-4-3-7-11-15-12-8-5-6-9-13(12)20(2,17)18/h5-6,8-9,15H,3-4,7,10-11H2,1-2H3. The van der Waals surface area contributed by atoms with Crippen LogP contribution >= 0.6 is 0 Å². The summed E-state index contributed by atoms with van der Waals surface area (Å²) in [7, 11) is -1.84. The van der Waals surface area contributed by atoms with Crippen LogP contribution in [0.5, 0.6) is 0 Å². The number of methoxy groups -OCH3 is 1. The number of ether oxygens (including phenoxy) is 1. The van der Waals surface area contributed by atoms with Crippen molar-refractivity contribution in [3.05, 3.63) is 24.3 Å². The van der Waals surface area contributed by atoms with Crippen LogP contribution in [0.25, 0.3) is 0 Å². The average molecular weight is 299 g/mol. The smallest absolute Gasteiger partial charge is 0.305 e. The van der Waals surface area contributed by atoms with E-state index in [0.29, 0.717) is 23.5 Å². The number of unbranched alkanes of at least 4 members (excludes halogenated alkanes) is 2. The minimum Gasteiger partial charge on any atom is -0.469 e. The molecule has 0 bridgehead atoms. The Morgan fingerprint density at radius 2 is 1.90 bits per heavy atom. The SMILES string of the molecule is COC(=O)CCCCCNc1ccccc1S(C)(=O)=O. The highest BCUT2D eigenvalue weighted by Crippen LogP contribution is 2.20. The highest BCUT2D eigenvalue weighted by Gasteiger charge is 2.11. The second-order valence-corrected chi connectivity index (χ2v) is 6.57. The molecule has 0 aliphatic carbocycles. The third kappa shape index (κ3) is 5.61. The first-order valence-corrected chi connectivity index (χ1v) is 8.44. The lowest BCUT2D eigenvalue weighted by Crippen LogP contribution is -2.07. The van der Waals surface area contributed by atoms with Crippen molar-refractivity contribution in [2.75, 3.05) is 25.2 Å². The van der Waals surface area contributed by atoms with Crippen molar-refractivity contribution in [2.24, 2.45) is 0 Å². The Morgan fingerprint density at radius 3 is 2.55 bits per heavy atom. The average Bonchev–Trinajstić information content (AvgIpc) is 2.41. The van der Waals surface area contributed by atoms with Crippen molar-refractivity contribution in [3.63, 3.8) is 0 Å². The molecule has 1 N–H and O–H groups in total. The zero-order chi connectivity index (χ0) is 15.0. The molecule has 20 heavy (non-hydrogen) atoms. The van der Waals surface area contributed by atoms with Gasteiger partial charge in [-0.1, -0.05) is 18.6 Å². The lowest BCUT2D eigenvalue weighted by molar-refractivity contribution is -0.140. The Hall–Kier alpha value is -1.56. The molecule has 1 aromatic carbocycles. The van der Waals surface area contributed by atoms with E-state index in [-0.39, 0.29) is 5.97 Å². The van der Waals surface area contributed by atoms with E-state index in [2.05, 4.69) is 10.1 Å². The van der Waals surface area contributed by atoms with Gasteiger partial charge in [-0.15, -0.1) is 0 Å². The maximum atomic E-state index is 11.6. The lowest BCUT2D eigenvalue weighted by atomic mass is 10.2. The van der Waals surface area contributed by atoms with Gasteiger partial charge in [-0.05, 0) is 25.0 Å². The van der Waals surface area contributed by atoms with Gasteiger partial charge >= 0.3 is 5.97 Å². The number of benzene rings is 1. The highest BCUT2D eigenvalue weighted by molar-refractivity contribution is 7.90. The van der Waals surface area contributed by atoms with Gasteiger partial charge in [0.05, 0.1) is 17.7 Å². The molecule has 0 amide bonds. The van der Waals surface area contributed by atoms with Gasteiger partial charge in [-0.2, -0.15) is 0 Å². The van der Waals surface area contributed by atoms with Crippen LogP contribution in [-0.2, 0) is 19.4 Å². The van der Waals surface area contributed by atoms with E-state index in [1.54, 1.807) is 24.3 Å². The van der Waals surface area contributed by atoms with Crippen molar-refractivity contribution in [1.29, 1.82) is 0 Å². The molecule has 0 spiro atoms. The zero-order valence-electron chi connectivity index (χ0n) is 11.9. The molecular weight excluding hydrogens is 278 g/mol. The van der Waals surface area contributed by atoms with Crippen molar-refractivity contribution in [3.8, 4) is 0 Å². The minimum absolute atomic E-state index is 0.194. The predicted octanol–water partition coefficient (Wildman–Crippen LogP) is 2.24. The first kappa shape index (κ1) is 16.5. The Balaban J connectivity index is 2.38. The largest absolute Gasteiger partial charge is 0.469 e. The molecule has 0 heterocycles. The van der Waals surface area contributed by atoms with E-state index in [4.69, 9.17) is 0 Å². The molecule has 0 fully saturated rings. The molecule has 0 radical (unpaired) electrons. The number of hydrogen-bond acceptors (Lipinski definition) is 5. The summed E-state index contributed by atoms with van der Waals surface area (Å²) >= 11 is 0. The number of nitrogens with one attached hydrogen (secondary N) is 1. The molecule has 0 unspecified atom stereocenters. The van der Waals surface area contributed by atoms with Crippen LogP contribution in [-0.4, -0.2) is 34.3 Å². The molecule has 1 aromatic rings. The lowest BCUT2D eigenvalue weighted by Gasteiger charge is -2.10. The Morgan fingerprint density at radius 1 is 1.20 bits per heavy atom. The molecule has 0 atom stereocenters. The molecule has 0 aliphatic rings. The summed E-state index contributed by atoms with van der Waals surface area (Å²) in [4.78, 5) is 11.2. The van der Waals surface area contributed by atoms with Crippen molar-refractivity contribution < 1.29 is 17.9 Å². The minimum atomic E-state index is -3.22. The molecule has 0 saturated heterocycles. The third-order valence-electron chi connectivity index (χ3n) is 2.89. The third-order valence-corrected chi connectivity index (χ3v) is 4.04. The molecule has 112 valence electrons. The summed E-state index contributed by atoms with van der Waals surface area (Å²) in [5, 5.41) is 3.13. The van der Waals surface area contributed by atoms with Gasteiger partial charge in [0.15, 0.2) is 9.84 Å². The number of hydrogen-bond donors (Lipinski definition) is 1. The topological polar surface area (TPSA) is 72.5 Å². The first-order valence-electron chi connectivity index (χ1n) is 6.55.